The summed E-state index contributed by atoms with van der Waals surface area (Å²) in [7, 11) is 0.976. The molecule has 0 bridgehead atoms. The van der Waals surface area contributed by atoms with Crippen LogP contribution in [0.2, 0.25) is 0 Å². The third kappa shape index (κ3) is 1.65. The van der Waals surface area contributed by atoms with Crippen molar-refractivity contribution in [2.24, 2.45) is 0 Å². The molecule has 11 heavy (non-hydrogen) atoms. The largest absolute Gasteiger partial charge is 0.301 e. The molecule has 0 aromatic heterocycles. The van der Waals surface area contributed by atoms with Gasteiger partial charge in [0.05, 0.1) is 0 Å². The predicted octanol–water partition coefficient (Wildman–Crippen LogP) is 1.16. The number of nitrogens with zero attached hydrogens (tertiary/aromatic N) is 1. The van der Waals surface area contributed by atoms with E-state index < -0.39 is 7.52 Å². The van der Waals surface area contributed by atoms with Gasteiger partial charge in [-0.05, 0) is 20.5 Å². The lowest BCUT2D eigenvalue weighted by Gasteiger charge is -2.18. The van der Waals surface area contributed by atoms with Crippen LogP contribution < -0.4 is 0 Å². The van der Waals surface area contributed by atoms with Gasteiger partial charge in [0.2, 0.25) is 0 Å². The van der Waals surface area contributed by atoms with E-state index in [9.17, 15) is 4.57 Å². The van der Waals surface area contributed by atoms with E-state index in [0.29, 0.717) is 12.6 Å². The minimum Gasteiger partial charge on any atom is -0.301 e. The summed E-state index contributed by atoms with van der Waals surface area (Å²) in [6.45, 7) is 0. The van der Waals surface area contributed by atoms with Gasteiger partial charge in [0.25, 0.3) is 7.52 Å². The molecule has 0 aromatic rings. The number of hydrogen-bond acceptors (Lipinski definition) is 2. The molecule has 0 saturated carbocycles. The van der Waals surface area contributed by atoms with E-state index in [2.05, 4.69) is 5.92 Å². The molecule has 4 heteroatoms. The summed E-state index contributed by atoms with van der Waals surface area (Å²) >= 11 is 0. The Kier molecular flexibility index (Phi) is 2.39. The van der Waals surface area contributed by atoms with Gasteiger partial charge in [-0.3, -0.25) is 4.57 Å². The highest BCUT2D eigenvalue weighted by atomic mass is 31.2. The SMILES string of the molecule is C#CC1CCP(=O)(N(C)C)O1. The van der Waals surface area contributed by atoms with E-state index in [1.807, 2.05) is 0 Å². The number of hydrogen-bond donors (Lipinski definition) is 0. The molecule has 1 aliphatic heterocycles. The van der Waals surface area contributed by atoms with Gasteiger partial charge in [0.1, 0.15) is 6.10 Å². The highest BCUT2D eigenvalue weighted by Crippen LogP contribution is 2.55. The fraction of sp³-hybridized carbons (Fsp3) is 0.714. The Morgan fingerprint density at radius 3 is 2.64 bits per heavy atom. The minimum absolute atomic E-state index is 0.247. The lowest BCUT2D eigenvalue weighted by Crippen LogP contribution is -2.09. The molecule has 1 fully saturated rings. The Labute approximate surface area is 67.2 Å². The van der Waals surface area contributed by atoms with E-state index in [0.717, 1.165) is 0 Å². The fourth-order valence-corrected chi connectivity index (χ4v) is 2.81. The Bertz CT molecular complexity index is 231. The molecule has 1 rings (SSSR count). The normalized spacial score (nSPS) is 37.5. The van der Waals surface area contributed by atoms with Crippen LogP contribution >= 0.6 is 7.52 Å². The van der Waals surface area contributed by atoms with Crippen molar-refractivity contribution in [3.8, 4) is 12.3 Å². The van der Waals surface area contributed by atoms with Crippen molar-refractivity contribution in [2.45, 2.75) is 12.5 Å². The molecule has 0 spiro atoms. The lowest BCUT2D eigenvalue weighted by atomic mass is 10.3. The Morgan fingerprint density at radius 2 is 2.36 bits per heavy atom. The maximum atomic E-state index is 11.7. The van der Waals surface area contributed by atoms with Crippen molar-refractivity contribution < 1.29 is 9.09 Å². The molecule has 0 aromatic carbocycles. The molecule has 0 N–H and O–H groups in total. The van der Waals surface area contributed by atoms with Crippen LogP contribution in [-0.2, 0) is 9.09 Å². The van der Waals surface area contributed by atoms with Crippen LogP contribution in [0.1, 0.15) is 6.42 Å². The lowest BCUT2D eigenvalue weighted by molar-refractivity contribution is 0.268. The van der Waals surface area contributed by atoms with Crippen molar-refractivity contribution >= 4 is 7.52 Å². The van der Waals surface area contributed by atoms with Gasteiger partial charge >= 0.3 is 0 Å². The zero-order chi connectivity index (χ0) is 8.48. The summed E-state index contributed by atoms with van der Waals surface area (Å²) in [5, 5.41) is 0. The van der Waals surface area contributed by atoms with Crippen molar-refractivity contribution in [1.29, 1.82) is 0 Å². The number of terminal acetylenes is 1. The first-order valence-electron chi connectivity index (χ1n) is 3.50. The van der Waals surface area contributed by atoms with E-state index in [1.165, 1.54) is 0 Å². The first-order chi connectivity index (χ1) is 5.08. The Balaban J connectivity index is 2.67. The highest BCUT2D eigenvalue weighted by Gasteiger charge is 2.36. The van der Waals surface area contributed by atoms with Gasteiger partial charge < -0.3 is 4.52 Å². The van der Waals surface area contributed by atoms with Crippen LogP contribution in [0.15, 0.2) is 0 Å². The molecule has 2 unspecified atom stereocenters. The van der Waals surface area contributed by atoms with Crippen LogP contribution in [0.3, 0.4) is 0 Å². The van der Waals surface area contributed by atoms with Gasteiger partial charge in [0.15, 0.2) is 0 Å². The molecule has 1 aliphatic rings. The van der Waals surface area contributed by atoms with Gasteiger partial charge in [-0.15, -0.1) is 6.42 Å². The summed E-state index contributed by atoms with van der Waals surface area (Å²) < 4.78 is 18.5. The third-order valence-electron chi connectivity index (χ3n) is 1.76. The summed E-state index contributed by atoms with van der Waals surface area (Å²) in [5.74, 6) is 2.45. The van der Waals surface area contributed by atoms with Crippen LogP contribution in [0.5, 0.6) is 0 Å². The van der Waals surface area contributed by atoms with Crippen molar-refractivity contribution in [1.82, 2.24) is 4.67 Å². The quantitative estimate of drug-likeness (QED) is 0.440. The fourth-order valence-electron chi connectivity index (χ4n) is 0.993. The second-order valence-electron chi connectivity index (χ2n) is 2.76. The van der Waals surface area contributed by atoms with Gasteiger partial charge in [-0.1, -0.05) is 5.92 Å². The molecule has 0 aliphatic carbocycles. The maximum Gasteiger partial charge on any atom is 0.273 e. The van der Waals surface area contributed by atoms with E-state index in [-0.39, 0.29) is 6.10 Å². The number of rotatable bonds is 1. The van der Waals surface area contributed by atoms with Crippen LogP contribution in [0.4, 0.5) is 0 Å². The predicted molar refractivity (Wildman–Crippen MR) is 44.5 cm³/mol. The van der Waals surface area contributed by atoms with Crippen LogP contribution in [-0.4, -0.2) is 31.0 Å². The molecule has 1 heterocycles. The second kappa shape index (κ2) is 2.98. The van der Waals surface area contributed by atoms with E-state index in [1.54, 1.807) is 18.8 Å². The van der Waals surface area contributed by atoms with Gasteiger partial charge in [-0.2, -0.15) is 0 Å². The standard InChI is InChI=1S/C7H12NO2P/c1-4-7-5-6-11(9,10-7)8(2)3/h1,7H,5-6H2,2-3H3. The Hall–Kier alpha value is -0.290. The topological polar surface area (TPSA) is 29.5 Å². The van der Waals surface area contributed by atoms with Crippen LogP contribution in [0.25, 0.3) is 0 Å². The molecule has 2 atom stereocenters. The average Bonchev–Trinajstić information content (AvgIpc) is 2.33. The van der Waals surface area contributed by atoms with Crippen molar-refractivity contribution in [3.05, 3.63) is 0 Å². The molecular formula is C7H12NO2P. The first kappa shape index (κ1) is 8.80. The summed E-state index contributed by atoms with van der Waals surface area (Å²) in [6, 6.07) is 0. The molecule has 1 saturated heterocycles. The maximum absolute atomic E-state index is 11.7. The zero-order valence-electron chi connectivity index (χ0n) is 6.78. The first-order valence-corrected chi connectivity index (χ1v) is 5.26. The van der Waals surface area contributed by atoms with Gasteiger partial charge in [0, 0.05) is 6.16 Å². The average molecular weight is 173 g/mol. The molecule has 62 valence electrons. The molecule has 3 nitrogen and oxygen atoms in total. The molecule has 0 radical (unpaired) electrons. The summed E-state index contributed by atoms with van der Waals surface area (Å²) in [4.78, 5) is 0. The monoisotopic (exact) mass is 173 g/mol. The Morgan fingerprint density at radius 1 is 1.73 bits per heavy atom. The van der Waals surface area contributed by atoms with Crippen molar-refractivity contribution in [2.75, 3.05) is 20.3 Å². The zero-order valence-corrected chi connectivity index (χ0v) is 7.67. The molecule has 0 amide bonds. The van der Waals surface area contributed by atoms with E-state index in [4.69, 9.17) is 10.9 Å². The van der Waals surface area contributed by atoms with Crippen molar-refractivity contribution in [3.63, 3.8) is 0 Å². The highest BCUT2D eigenvalue weighted by molar-refractivity contribution is 7.56. The van der Waals surface area contributed by atoms with Crippen LogP contribution in [0, 0.1) is 12.3 Å². The minimum atomic E-state index is -2.52. The van der Waals surface area contributed by atoms with Gasteiger partial charge in [-0.25, -0.2) is 4.67 Å². The molecular weight excluding hydrogens is 161 g/mol. The smallest absolute Gasteiger partial charge is 0.273 e. The summed E-state index contributed by atoms with van der Waals surface area (Å²) in [6.07, 6.45) is 6.19. The second-order valence-corrected chi connectivity index (χ2v) is 5.49. The summed E-state index contributed by atoms with van der Waals surface area (Å²) in [5.41, 5.74) is 0. The van der Waals surface area contributed by atoms with E-state index >= 15 is 0 Å². The third-order valence-corrected chi connectivity index (χ3v) is 4.39.